The Kier molecular flexibility index (Phi) is 5.68. The minimum absolute atomic E-state index is 0.0722. The van der Waals surface area contributed by atoms with Crippen molar-refractivity contribution >= 4 is 11.8 Å². The van der Waals surface area contributed by atoms with Crippen LogP contribution in [0.2, 0.25) is 0 Å². The number of hydrogen-bond acceptors (Lipinski definition) is 3. The van der Waals surface area contributed by atoms with Gasteiger partial charge in [-0.05, 0) is 43.0 Å². The molecule has 2 fully saturated rings. The minimum Gasteiger partial charge on any atom is -0.358 e. The summed E-state index contributed by atoms with van der Waals surface area (Å²) in [6.07, 6.45) is 4.60. The molecule has 1 N–H and O–H groups in total. The molecule has 3 rings (SSSR count). The summed E-state index contributed by atoms with van der Waals surface area (Å²) in [6.45, 7) is 2.58. The van der Waals surface area contributed by atoms with Crippen LogP contribution in [0.4, 0.5) is 4.39 Å². The van der Waals surface area contributed by atoms with Crippen LogP contribution in [0.5, 0.6) is 0 Å². The van der Waals surface area contributed by atoms with Gasteiger partial charge in [0.05, 0.1) is 6.04 Å². The Morgan fingerprint density at radius 3 is 2.24 bits per heavy atom. The molecule has 1 saturated heterocycles. The first kappa shape index (κ1) is 17.9. The smallest absolute Gasteiger partial charge is 0.253 e. The molecule has 1 heterocycles. The number of halogens is 1. The lowest BCUT2D eigenvalue weighted by molar-refractivity contribution is -0.128. The third-order valence-corrected chi connectivity index (χ3v) is 5.45. The lowest BCUT2D eigenvalue weighted by atomic mass is 9.95. The second kappa shape index (κ2) is 7.95. The minimum atomic E-state index is -0.341. The van der Waals surface area contributed by atoms with Crippen molar-refractivity contribution in [2.45, 2.75) is 31.7 Å². The second-order valence-electron chi connectivity index (χ2n) is 6.94. The molecule has 5 nitrogen and oxygen atoms in total. The molecule has 0 radical (unpaired) electrons. The third kappa shape index (κ3) is 4.00. The molecule has 2 amide bonds. The van der Waals surface area contributed by atoms with Crippen LogP contribution in [0.3, 0.4) is 0 Å². The summed E-state index contributed by atoms with van der Waals surface area (Å²) in [5.74, 6) is 0.0906. The summed E-state index contributed by atoms with van der Waals surface area (Å²) in [7, 11) is 1.69. The summed E-state index contributed by atoms with van der Waals surface area (Å²) < 4.78 is 13.0. The fraction of sp³-hybridized carbons (Fsp3) is 0.579. The highest BCUT2D eigenvalue weighted by atomic mass is 19.1. The number of amides is 2. The predicted octanol–water partition coefficient (Wildman–Crippen LogP) is 1.89. The van der Waals surface area contributed by atoms with E-state index in [9.17, 15) is 14.0 Å². The van der Waals surface area contributed by atoms with E-state index in [2.05, 4.69) is 10.2 Å². The molecular formula is C19H26FN3O2. The number of likely N-dealkylation sites (N-methyl/N-ethyl adjacent to an activating group) is 1. The van der Waals surface area contributed by atoms with Gasteiger partial charge >= 0.3 is 0 Å². The fourth-order valence-corrected chi connectivity index (χ4v) is 4.08. The van der Waals surface area contributed by atoms with Crippen molar-refractivity contribution in [1.82, 2.24) is 15.1 Å². The summed E-state index contributed by atoms with van der Waals surface area (Å²) in [5.41, 5.74) is 0.508. The SMILES string of the molecule is CNC(=O)[C@H](C1CCCC1)N1CCN(C(=O)c2ccc(F)cc2)CC1. The van der Waals surface area contributed by atoms with Crippen LogP contribution in [0.1, 0.15) is 36.0 Å². The molecule has 1 aromatic carbocycles. The van der Waals surface area contributed by atoms with Gasteiger partial charge in [-0.25, -0.2) is 4.39 Å². The van der Waals surface area contributed by atoms with Gasteiger partial charge in [0.2, 0.25) is 5.91 Å². The molecule has 136 valence electrons. The molecule has 1 aliphatic carbocycles. The average molecular weight is 347 g/mol. The molecule has 1 aromatic rings. The van der Waals surface area contributed by atoms with Crippen LogP contribution in [-0.4, -0.2) is 60.9 Å². The Morgan fingerprint density at radius 2 is 1.68 bits per heavy atom. The lowest BCUT2D eigenvalue weighted by Crippen LogP contribution is -2.57. The Hall–Kier alpha value is -1.95. The number of rotatable bonds is 4. The van der Waals surface area contributed by atoms with Gasteiger partial charge in [-0.2, -0.15) is 0 Å². The normalized spacial score (nSPS) is 20.5. The Morgan fingerprint density at radius 1 is 1.08 bits per heavy atom. The van der Waals surface area contributed by atoms with Crippen LogP contribution in [0.25, 0.3) is 0 Å². The van der Waals surface area contributed by atoms with Crippen LogP contribution in [-0.2, 0) is 4.79 Å². The van der Waals surface area contributed by atoms with Gasteiger partial charge in [0.25, 0.3) is 5.91 Å². The largest absolute Gasteiger partial charge is 0.358 e. The highest BCUT2D eigenvalue weighted by Gasteiger charge is 2.36. The van der Waals surface area contributed by atoms with E-state index < -0.39 is 0 Å². The van der Waals surface area contributed by atoms with Gasteiger partial charge in [0.1, 0.15) is 5.82 Å². The van der Waals surface area contributed by atoms with E-state index in [1.807, 2.05) is 0 Å². The quantitative estimate of drug-likeness (QED) is 0.905. The second-order valence-corrected chi connectivity index (χ2v) is 6.94. The lowest BCUT2D eigenvalue weighted by Gasteiger charge is -2.40. The van der Waals surface area contributed by atoms with Gasteiger partial charge in [-0.1, -0.05) is 12.8 Å². The number of hydrogen-bond donors (Lipinski definition) is 1. The Bertz CT molecular complexity index is 606. The molecule has 0 aromatic heterocycles. The molecule has 0 bridgehead atoms. The van der Waals surface area contributed by atoms with Gasteiger partial charge in [0.15, 0.2) is 0 Å². The summed E-state index contributed by atoms with van der Waals surface area (Å²) in [5, 5.41) is 2.81. The standard InChI is InChI=1S/C19H26FN3O2/c1-21-18(24)17(14-4-2-3-5-14)22-10-12-23(13-11-22)19(25)15-6-8-16(20)9-7-15/h6-9,14,17H,2-5,10-13H2,1H3,(H,21,24)/t17-/m0/s1. The first-order valence-electron chi connectivity index (χ1n) is 9.10. The number of piperazine rings is 1. The van der Waals surface area contributed by atoms with Gasteiger partial charge in [0, 0.05) is 38.8 Å². The predicted molar refractivity (Wildman–Crippen MR) is 93.7 cm³/mol. The van der Waals surface area contributed by atoms with E-state index in [0.29, 0.717) is 37.7 Å². The fourth-order valence-electron chi connectivity index (χ4n) is 4.08. The van der Waals surface area contributed by atoms with E-state index in [1.54, 1.807) is 11.9 Å². The topological polar surface area (TPSA) is 52.7 Å². The number of carbonyl (C=O) groups excluding carboxylic acids is 2. The van der Waals surface area contributed by atoms with Crippen molar-refractivity contribution in [3.8, 4) is 0 Å². The molecule has 25 heavy (non-hydrogen) atoms. The zero-order valence-corrected chi connectivity index (χ0v) is 14.7. The first-order chi connectivity index (χ1) is 12.1. The number of carbonyl (C=O) groups is 2. The van der Waals surface area contributed by atoms with Crippen LogP contribution < -0.4 is 5.32 Å². The zero-order chi connectivity index (χ0) is 17.8. The average Bonchev–Trinajstić information content (AvgIpc) is 3.16. The Balaban J connectivity index is 1.62. The highest BCUT2D eigenvalue weighted by Crippen LogP contribution is 2.31. The summed E-state index contributed by atoms with van der Waals surface area (Å²) in [4.78, 5) is 29.0. The van der Waals surface area contributed by atoms with Gasteiger partial charge < -0.3 is 10.2 Å². The molecule has 1 saturated carbocycles. The van der Waals surface area contributed by atoms with Crippen molar-refractivity contribution in [3.63, 3.8) is 0 Å². The molecule has 6 heteroatoms. The maximum Gasteiger partial charge on any atom is 0.253 e. The van der Waals surface area contributed by atoms with Crippen LogP contribution in [0.15, 0.2) is 24.3 Å². The van der Waals surface area contributed by atoms with E-state index in [-0.39, 0.29) is 23.7 Å². The van der Waals surface area contributed by atoms with E-state index in [1.165, 1.54) is 37.1 Å². The first-order valence-corrected chi connectivity index (χ1v) is 9.10. The monoisotopic (exact) mass is 347 g/mol. The van der Waals surface area contributed by atoms with Crippen LogP contribution >= 0.6 is 0 Å². The van der Waals surface area contributed by atoms with E-state index >= 15 is 0 Å². The maximum absolute atomic E-state index is 13.0. The maximum atomic E-state index is 13.0. The van der Waals surface area contributed by atoms with E-state index in [0.717, 1.165) is 12.8 Å². The van der Waals surface area contributed by atoms with Crippen molar-refractivity contribution in [3.05, 3.63) is 35.6 Å². The molecule has 1 aliphatic heterocycles. The molecular weight excluding hydrogens is 321 g/mol. The zero-order valence-electron chi connectivity index (χ0n) is 14.7. The van der Waals surface area contributed by atoms with E-state index in [4.69, 9.17) is 0 Å². The molecule has 0 spiro atoms. The Labute approximate surface area is 148 Å². The van der Waals surface area contributed by atoms with Gasteiger partial charge in [-0.3, -0.25) is 14.5 Å². The third-order valence-electron chi connectivity index (χ3n) is 5.45. The number of benzene rings is 1. The van der Waals surface area contributed by atoms with Crippen molar-refractivity contribution in [2.75, 3.05) is 33.2 Å². The number of nitrogens with zero attached hydrogens (tertiary/aromatic N) is 2. The summed E-state index contributed by atoms with van der Waals surface area (Å²) >= 11 is 0. The van der Waals surface area contributed by atoms with Crippen molar-refractivity contribution in [1.29, 1.82) is 0 Å². The molecule has 2 aliphatic rings. The molecule has 1 atom stereocenters. The summed E-state index contributed by atoms with van der Waals surface area (Å²) in [6, 6.07) is 5.58. The van der Waals surface area contributed by atoms with Crippen molar-refractivity contribution in [2.24, 2.45) is 5.92 Å². The van der Waals surface area contributed by atoms with Crippen molar-refractivity contribution < 1.29 is 14.0 Å². The number of nitrogens with one attached hydrogen (secondary N) is 1. The molecule has 0 unspecified atom stereocenters. The van der Waals surface area contributed by atoms with Gasteiger partial charge in [-0.15, -0.1) is 0 Å². The van der Waals surface area contributed by atoms with Crippen LogP contribution in [0, 0.1) is 11.7 Å². The highest BCUT2D eigenvalue weighted by molar-refractivity contribution is 5.94.